The highest BCUT2D eigenvalue weighted by Crippen LogP contribution is 2.42. The van der Waals surface area contributed by atoms with Crippen LogP contribution in [0.4, 0.5) is 5.69 Å². The van der Waals surface area contributed by atoms with Crippen LogP contribution >= 0.6 is 23.8 Å². The summed E-state index contributed by atoms with van der Waals surface area (Å²) in [5.41, 5.74) is 3.03. The number of hydrogen-bond acceptors (Lipinski definition) is 4. The third kappa shape index (κ3) is 4.63. The Hall–Kier alpha value is -2.67. The van der Waals surface area contributed by atoms with Crippen molar-refractivity contribution in [1.29, 1.82) is 0 Å². The van der Waals surface area contributed by atoms with Gasteiger partial charge in [-0.25, -0.2) is 0 Å². The average molecular weight is 493 g/mol. The Bertz CT molecular complexity index is 1200. The molecule has 3 fully saturated rings. The van der Waals surface area contributed by atoms with Gasteiger partial charge in [-0.2, -0.15) is 0 Å². The number of piperidine rings is 3. The molecule has 3 aliphatic heterocycles. The van der Waals surface area contributed by atoms with Crippen LogP contribution in [0, 0.1) is 11.8 Å². The molecule has 3 aliphatic rings. The predicted octanol–water partition coefficient (Wildman–Crippen LogP) is 5.82. The molecule has 176 valence electrons. The van der Waals surface area contributed by atoms with Gasteiger partial charge in [0.15, 0.2) is 5.11 Å². The van der Waals surface area contributed by atoms with Crippen molar-refractivity contribution in [2.75, 3.05) is 25.5 Å². The number of benzene rings is 2. The number of nitrogens with zero attached hydrogens (tertiary/aromatic N) is 2. The van der Waals surface area contributed by atoms with E-state index in [2.05, 4.69) is 45.3 Å². The normalized spacial score (nSPS) is 24.4. The lowest BCUT2D eigenvalue weighted by Crippen LogP contribution is -2.57. The summed E-state index contributed by atoms with van der Waals surface area (Å²) in [5, 5.41) is 9.36. The molecule has 0 aliphatic carbocycles. The molecule has 4 heterocycles. The predicted molar refractivity (Wildman–Crippen MR) is 144 cm³/mol. The topological polar surface area (TPSA) is 49.4 Å². The first kappa shape index (κ1) is 23.1. The highest BCUT2D eigenvalue weighted by Gasteiger charge is 2.43. The monoisotopic (exact) mass is 492 g/mol. The fraction of sp³-hybridized carbons (Fsp3) is 0.333. The molecule has 3 aromatic rings. The second-order valence-electron chi connectivity index (χ2n) is 9.11. The van der Waals surface area contributed by atoms with Gasteiger partial charge in [0.1, 0.15) is 5.75 Å². The van der Waals surface area contributed by atoms with Crippen molar-refractivity contribution in [1.82, 2.24) is 15.2 Å². The number of anilines is 1. The summed E-state index contributed by atoms with van der Waals surface area (Å²) in [4.78, 5) is 7.20. The summed E-state index contributed by atoms with van der Waals surface area (Å²) in [6.45, 7) is 6.23. The van der Waals surface area contributed by atoms with Gasteiger partial charge in [0, 0.05) is 34.9 Å². The molecule has 3 unspecified atom stereocenters. The lowest BCUT2D eigenvalue weighted by molar-refractivity contribution is 0.00443. The van der Waals surface area contributed by atoms with Crippen molar-refractivity contribution in [3.8, 4) is 5.75 Å². The highest BCUT2D eigenvalue weighted by atomic mass is 35.5. The van der Waals surface area contributed by atoms with E-state index in [9.17, 15) is 0 Å². The van der Waals surface area contributed by atoms with Gasteiger partial charge in [-0.05, 0) is 97.5 Å². The van der Waals surface area contributed by atoms with Gasteiger partial charge < -0.3 is 15.4 Å². The zero-order valence-electron chi connectivity index (χ0n) is 19.2. The minimum absolute atomic E-state index is 0.00142. The number of nitrogens with one attached hydrogen (secondary N) is 2. The van der Waals surface area contributed by atoms with Crippen molar-refractivity contribution in [2.45, 2.75) is 24.9 Å². The highest BCUT2D eigenvalue weighted by molar-refractivity contribution is 7.80. The molecule has 34 heavy (non-hydrogen) atoms. The smallest absolute Gasteiger partial charge is 0.171 e. The molecule has 7 heteroatoms. The Morgan fingerprint density at radius 2 is 2.09 bits per heavy atom. The minimum atomic E-state index is -0.00142. The molecular weight excluding hydrogens is 464 g/mol. The van der Waals surface area contributed by atoms with E-state index in [-0.39, 0.29) is 6.04 Å². The van der Waals surface area contributed by atoms with Crippen molar-refractivity contribution < 1.29 is 4.74 Å². The Kier molecular flexibility index (Phi) is 6.73. The van der Waals surface area contributed by atoms with Crippen LogP contribution in [0.2, 0.25) is 5.02 Å². The first-order valence-corrected chi connectivity index (χ1v) is 12.5. The standard InChI is InChI=1S/C27H29ClN4OS/c1-3-17-16-32-13-11-18(17)14-25(32)26(31-27(34)30-20-6-4-19(28)5-7-20)22-10-12-29-24-9-8-21(33-2)15-23(22)24/h3-10,12,15,17-18,25-26H,1,11,13-14,16H2,2H3,(H2,30,31,34)/t17?,18?,25-,26-/m0/s1. The van der Waals surface area contributed by atoms with E-state index < -0.39 is 0 Å². The van der Waals surface area contributed by atoms with E-state index in [1.165, 1.54) is 12.0 Å². The quantitative estimate of drug-likeness (QED) is 0.334. The van der Waals surface area contributed by atoms with Gasteiger partial charge in [0.05, 0.1) is 18.7 Å². The van der Waals surface area contributed by atoms with Crippen LogP contribution in [0.5, 0.6) is 5.75 Å². The maximum Gasteiger partial charge on any atom is 0.171 e. The van der Waals surface area contributed by atoms with Crippen molar-refractivity contribution >= 4 is 45.5 Å². The minimum Gasteiger partial charge on any atom is -0.497 e. The van der Waals surface area contributed by atoms with Crippen LogP contribution in [-0.4, -0.2) is 41.2 Å². The van der Waals surface area contributed by atoms with Gasteiger partial charge in [0.25, 0.3) is 0 Å². The summed E-state index contributed by atoms with van der Waals surface area (Å²) < 4.78 is 5.53. The Morgan fingerprint density at radius 3 is 2.79 bits per heavy atom. The van der Waals surface area contributed by atoms with E-state index in [0.29, 0.717) is 28.0 Å². The lowest BCUT2D eigenvalue weighted by atomic mass is 9.73. The van der Waals surface area contributed by atoms with E-state index >= 15 is 0 Å². The van der Waals surface area contributed by atoms with E-state index in [0.717, 1.165) is 41.9 Å². The largest absolute Gasteiger partial charge is 0.497 e. The summed E-state index contributed by atoms with van der Waals surface area (Å²) >= 11 is 11.8. The number of methoxy groups -OCH3 is 1. The van der Waals surface area contributed by atoms with Gasteiger partial charge in [-0.1, -0.05) is 17.7 Å². The lowest BCUT2D eigenvalue weighted by Gasteiger charge is -2.52. The Balaban J connectivity index is 1.50. The number of halogens is 1. The Labute approximate surface area is 211 Å². The first-order chi connectivity index (χ1) is 16.6. The molecule has 3 saturated heterocycles. The van der Waals surface area contributed by atoms with Gasteiger partial charge in [0.2, 0.25) is 0 Å². The maximum atomic E-state index is 6.05. The molecule has 2 N–H and O–H groups in total. The summed E-state index contributed by atoms with van der Waals surface area (Å²) in [7, 11) is 1.69. The Morgan fingerprint density at radius 1 is 1.26 bits per heavy atom. The molecule has 0 radical (unpaired) electrons. The van der Waals surface area contributed by atoms with E-state index in [1.807, 2.05) is 42.6 Å². The molecule has 5 nitrogen and oxygen atoms in total. The number of rotatable bonds is 6. The van der Waals surface area contributed by atoms with Crippen molar-refractivity contribution in [2.24, 2.45) is 11.8 Å². The van der Waals surface area contributed by atoms with Crippen LogP contribution in [0.3, 0.4) is 0 Å². The van der Waals surface area contributed by atoms with Crippen molar-refractivity contribution in [3.05, 3.63) is 78.0 Å². The molecule has 1 aromatic heterocycles. The number of hydrogen-bond donors (Lipinski definition) is 2. The van der Waals surface area contributed by atoms with E-state index in [4.69, 9.17) is 28.6 Å². The molecule has 2 bridgehead atoms. The number of fused-ring (bicyclic) bond motifs is 4. The van der Waals surface area contributed by atoms with E-state index in [1.54, 1.807) is 7.11 Å². The van der Waals surface area contributed by atoms with Crippen LogP contribution < -0.4 is 15.4 Å². The van der Waals surface area contributed by atoms with Crippen LogP contribution in [0.25, 0.3) is 10.9 Å². The van der Waals surface area contributed by atoms with Crippen LogP contribution in [0.1, 0.15) is 24.4 Å². The van der Waals surface area contributed by atoms with Gasteiger partial charge in [-0.15, -0.1) is 6.58 Å². The second-order valence-corrected chi connectivity index (χ2v) is 9.96. The maximum absolute atomic E-state index is 6.05. The second kappa shape index (κ2) is 9.90. The fourth-order valence-corrected chi connectivity index (χ4v) is 5.86. The molecule has 6 rings (SSSR count). The zero-order chi connectivity index (χ0) is 23.7. The summed E-state index contributed by atoms with van der Waals surface area (Å²) in [6.07, 6.45) is 6.34. The van der Waals surface area contributed by atoms with Crippen LogP contribution in [0.15, 0.2) is 67.4 Å². The van der Waals surface area contributed by atoms with Crippen LogP contribution in [-0.2, 0) is 0 Å². The average Bonchev–Trinajstić information content (AvgIpc) is 2.88. The third-order valence-corrected chi connectivity index (χ3v) is 7.72. The van der Waals surface area contributed by atoms with Gasteiger partial charge in [-0.3, -0.25) is 9.88 Å². The van der Waals surface area contributed by atoms with Crippen molar-refractivity contribution in [3.63, 3.8) is 0 Å². The summed E-state index contributed by atoms with van der Waals surface area (Å²) in [5.74, 6) is 2.02. The fourth-order valence-electron chi connectivity index (χ4n) is 5.49. The number of ether oxygens (including phenoxy) is 1. The molecule has 5 atom stereocenters. The summed E-state index contributed by atoms with van der Waals surface area (Å²) in [6, 6.07) is 16.0. The first-order valence-electron chi connectivity index (χ1n) is 11.7. The number of thiocarbonyl (C=S) groups is 1. The molecule has 2 aromatic carbocycles. The molecule has 0 saturated carbocycles. The number of pyridine rings is 1. The molecule has 0 spiro atoms. The molecular formula is C27H29ClN4OS. The zero-order valence-corrected chi connectivity index (χ0v) is 20.8. The van der Waals surface area contributed by atoms with Gasteiger partial charge >= 0.3 is 0 Å². The third-order valence-electron chi connectivity index (χ3n) is 7.24. The SMILES string of the molecule is C=CC1CN2CCC1C[C@H]2[C@@H](NC(=S)Nc1ccc(Cl)cc1)c1ccnc2ccc(OC)cc12. The number of aromatic nitrogens is 1. The molecule has 0 amide bonds.